The Morgan fingerprint density at radius 3 is 2.44 bits per heavy atom. The van der Waals surface area contributed by atoms with Crippen LogP contribution in [0.15, 0.2) is 77.7 Å². The molecule has 0 saturated heterocycles. The molecule has 0 N–H and O–H groups in total. The third-order valence-electron chi connectivity index (χ3n) is 5.76. The minimum absolute atomic E-state index is 0.0837. The lowest BCUT2D eigenvalue weighted by atomic mass is 10.1. The Balaban J connectivity index is 1.59. The zero-order chi connectivity index (χ0) is 25.5. The predicted molar refractivity (Wildman–Crippen MR) is 149 cm³/mol. The molecule has 0 spiro atoms. The van der Waals surface area contributed by atoms with Gasteiger partial charge in [-0.05, 0) is 63.4 Å². The van der Waals surface area contributed by atoms with Crippen LogP contribution in [-0.2, 0) is 16.0 Å². The van der Waals surface area contributed by atoms with Crippen molar-refractivity contribution in [2.45, 2.75) is 44.3 Å². The number of ether oxygens (including phenoxy) is 2. The molecule has 0 amide bonds. The molecule has 1 atom stereocenters. The van der Waals surface area contributed by atoms with Gasteiger partial charge in [-0.2, -0.15) is 0 Å². The van der Waals surface area contributed by atoms with Gasteiger partial charge in [0.05, 0.1) is 12.3 Å². The fourth-order valence-electron chi connectivity index (χ4n) is 3.90. The molecule has 1 aromatic heterocycles. The second kappa shape index (κ2) is 12.2. The standard InChI is InChI=1S/C30H31NO3S2/c1-5-33-28(32)19-34-26-16-15-25(17-21(26)3)35-27(18-23-9-7-6-8-10-23)29-22(4)31-30(36-29)24-13-11-20(2)12-14-24/h6-17,27H,5,18-19H2,1-4H3. The molecule has 0 bridgehead atoms. The Hall–Kier alpha value is -3.09. The second-order valence-corrected chi connectivity index (χ2v) is 11.0. The molecule has 1 unspecified atom stereocenters. The molecule has 4 aromatic rings. The molecule has 36 heavy (non-hydrogen) atoms. The highest BCUT2D eigenvalue weighted by Gasteiger charge is 2.21. The first-order valence-electron chi connectivity index (χ1n) is 12.1. The summed E-state index contributed by atoms with van der Waals surface area (Å²) in [7, 11) is 0. The predicted octanol–water partition coefficient (Wildman–Crippen LogP) is 7.75. The summed E-state index contributed by atoms with van der Waals surface area (Å²) in [5.41, 5.74) is 5.77. The summed E-state index contributed by atoms with van der Waals surface area (Å²) in [6.07, 6.45) is 0.905. The van der Waals surface area contributed by atoms with Gasteiger partial charge in [0, 0.05) is 20.6 Å². The van der Waals surface area contributed by atoms with E-state index in [1.807, 2.05) is 24.8 Å². The monoisotopic (exact) mass is 517 g/mol. The molecule has 0 aliphatic rings. The molecule has 1 heterocycles. The highest BCUT2D eigenvalue weighted by molar-refractivity contribution is 7.99. The molecular weight excluding hydrogens is 486 g/mol. The van der Waals surface area contributed by atoms with Crippen molar-refractivity contribution in [3.8, 4) is 16.3 Å². The first-order valence-corrected chi connectivity index (χ1v) is 13.8. The summed E-state index contributed by atoms with van der Waals surface area (Å²) in [5.74, 6) is 0.339. The molecule has 0 aliphatic carbocycles. The molecule has 4 rings (SSSR count). The van der Waals surface area contributed by atoms with E-state index in [0.717, 1.165) is 33.1 Å². The largest absolute Gasteiger partial charge is 0.482 e. The fourth-order valence-corrected chi connectivity index (χ4v) is 6.52. The average Bonchev–Trinajstić information content (AvgIpc) is 3.26. The van der Waals surface area contributed by atoms with Gasteiger partial charge in [0.25, 0.3) is 0 Å². The number of aryl methyl sites for hydroxylation is 3. The summed E-state index contributed by atoms with van der Waals surface area (Å²) >= 11 is 3.62. The van der Waals surface area contributed by atoms with Crippen LogP contribution in [0.1, 0.15) is 39.4 Å². The Morgan fingerprint density at radius 2 is 1.75 bits per heavy atom. The molecule has 0 radical (unpaired) electrons. The van der Waals surface area contributed by atoms with Crippen molar-refractivity contribution < 1.29 is 14.3 Å². The van der Waals surface area contributed by atoms with E-state index in [1.165, 1.54) is 16.0 Å². The van der Waals surface area contributed by atoms with Crippen molar-refractivity contribution in [1.82, 2.24) is 4.98 Å². The van der Waals surface area contributed by atoms with Crippen molar-refractivity contribution >= 4 is 29.1 Å². The normalized spacial score (nSPS) is 11.8. The number of benzene rings is 3. The molecule has 186 valence electrons. The van der Waals surface area contributed by atoms with Gasteiger partial charge >= 0.3 is 5.97 Å². The van der Waals surface area contributed by atoms with Gasteiger partial charge in [0.1, 0.15) is 10.8 Å². The molecule has 0 aliphatic heterocycles. The number of esters is 1. The second-order valence-electron chi connectivity index (χ2n) is 8.65. The Kier molecular flexibility index (Phi) is 8.83. The van der Waals surface area contributed by atoms with Crippen LogP contribution in [0.4, 0.5) is 0 Å². The van der Waals surface area contributed by atoms with Gasteiger partial charge in [-0.15, -0.1) is 23.1 Å². The first kappa shape index (κ1) is 26.0. The third-order valence-corrected chi connectivity index (χ3v) is 8.45. The van der Waals surface area contributed by atoms with Gasteiger partial charge in [-0.1, -0.05) is 60.2 Å². The highest BCUT2D eigenvalue weighted by atomic mass is 32.2. The number of aromatic nitrogens is 1. The molecular formula is C30H31NO3S2. The maximum atomic E-state index is 11.7. The molecule has 0 saturated carbocycles. The summed E-state index contributed by atoms with van der Waals surface area (Å²) in [6, 6.07) is 25.3. The lowest BCUT2D eigenvalue weighted by Gasteiger charge is -2.17. The SMILES string of the molecule is CCOC(=O)COc1ccc(SC(Cc2ccccc2)c2sc(-c3ccc(C)cc3)nc2C)cc1C. The van der Waals surface area contributed by atoms with Crippen LogP contribution in [-0.4, -0.2) is 24.2 Å². The van der Waals surface area contributed by atoms with Gasteiger partial charge in [0.2, 0.25) is 0 Å². The summed E-state index contributed by atoms with van der Waals surface area (Å²) in [5, 5.41) is 1.27. The van der Waals surface area contributed by atoms with E-state index in [4.69, 9.17) is 14.5 Å². The van der Waals surface area contributed by atoms with Crippen molar-refractivity contribution in [2.24, 2.45) is 0 Å². The average molecular weight is 518 g/mol. The smallest absolute Gasteiger partial charge is 0.344 e. The van der Waals surface area contributed by atoms with E-state index in [9.17, 15) is 4.79 Å². The number of rotatable bonds is 10. The van der Waals surface area contributed by atoms with Gasteiger partial charge in [-0.3, -0.25) is 0 Å². The Labute approximate surface area is 221 Å². The highest BCUT2D eigenvalue weighted by Crippen LogP contribution is 2.44. The van der Waals surface area contributed by atoms with Crippen molar-refractivity contribution in [2.75, 3.05) is 13.2 Å². The van der Waals surface area contributed by atoms with E-state index < -0.39 is 0 Å². The Bertz CT molecular complexity index is 1300. The maximum Gasteiger partial charge on any atom is 0.344 e. The third kappa shape index (κ3) is 6.77. The van der Waals surface area contributed by atoms with Crippen LogP contribution in [0, 0.1) is 20.8 Å². The van der Waals surface area contributed by atoms with Crippen molar-refractivity contribution in [1.29, 1.82) is 0 Å². The number of nitrogens with zero attached hydrogens (tertiary/aromatic N) is 1. The van der Waals surface area contributed by atoms with Crippen molar-refractivity contribution in [3.05, 3.63) is 100 Å². The van der Waals surface area contributed by atoms with E-state index in [0.29, 0.717) is 12.4 Å². The minimum Gasteiger partial charge on any atom is -0.482 e. The quantitative estimate of drug-likeness (QED) is 0.159. The van der Waals surface area contributed by atoms with E-state index in [2.05, 4.69) is 80.6 Å². The topological polar surface area (TPSA) is 48.4 Å². The number of carbonyl (C=O) groups is 1. The minimum atomic E-state index is -0.358. The number of hydrogen-bond acceptors (Lipinski definition) is 6. The van der Waals surface area contributed by atoms with Gasteiger partial charge in [0.15, 0.2) is 6.61 Å². The lowest BCUT2D eigenvalue weighted by molar-refractivity contribution is -0.145. The summed E-state index contributed by atoms with van der Waals surface area (Å²) in [4.78, 5) is 19.1. The van der Waals surface area contributed by atoms with Crippen LogP contribution in [0.5, 0.6) is 5.75 Å². The lowest BCUT2D eigenvalue weighted by Crippen LogP contribution is -2.14. The summed E-state index contributed by atoms with van der Waals surface area (Å²) in [6.45, 7) is 8.27. The fraction of sp³-hybridized carbons (Fsp3) is 0.267. The molecule has 6 heteroatoms. The maximum absolute atomic E-state index is 11.7. The zero-order valence-electron chi connectivity index (χ0n) is 21.1. The molecule has 0 fully saturated rings. The zero-order valence-corrected chi connectivity index (χ0v) is 22.7. The molecule has 4 nitrogen and oxygen atoms in total. The number of thioether (sulfide) groups is 1. The number of carbonyl (C=O) groups excluding carboxylic acids is 1. The Morgan fingerprint density at radius 1 is 1.00 bits per heavy atom. The number of hydrogen-bond donors (Lipinski definition) is 0. The van der Waals surface area contributed by atoms with E-state index in [1.54, 1.807) is 18.3 Å². The summed E-state index contributed by atoms with van der Waals surface area (Å²) < 4.78 is 10.6. The van der Waals surface area contributed by atoms with Gasteiger partial charge < -0.3 is 9.47 Å². The number of thiazole rings is 1. The molecule has 3 aromatic carbocycles. The van der Waals surface area contributed by atoms with Crippen LogP contribution in [0.3, 0.4) is 0 Å². The van der Waals surface area contributed by atoms with Crippen LogP contribution in [0.25, 0.3) is 10.6 Å². The van der Waals surface area contributed by atoms with E-state index >= 15 is 0 Å². The van der Waals surface area contributed by atoms with Gasteiger partial charge in [-0.25, -0.2) is 9.78 Å². The van der Waals surface area contributed by atoms with Crippen LogP contribution >= 0.6 is 23.1 Å². The van der Waals surface area contributed by atoms with Crippen LogP contribution < -0.4 is 4.74 Å². The van der Waals surface area contributed by atoms with Crippen LogP contribution in [0.2, 0.25) is 0 Å². The van der Waals surface area contributed by atoms with Crippen molar-refractivity contribution in [3.63, 3.8) is 0 Å². The van der Waals surface area contributed by atoms with E-state index in [-0.39, 0.29) is 17.8 Å². The first-order chi connectivity index (χ1) is 17.4.